The minimum absolute atomic E-state index is 0.0426. The van der Waals surface area contributed by atoms with E-state index in [1.165, 1.54) is 0 Å². The van der Waals surface area contributed by atoms with Crippen LogP contribution in [0.25, 0.3) is 0 Å². The van der Waals surface area contributed by atoms with Crippen LogP contribution in [-0.4, -0.2) is 28.0 Å². The third-order valence-electron chi connectivity index (χ3n) is 3.12. The second kappa shape index (κ2) is 6.69. The molecule has 110 valence electrons. The molecular formula is C15H16N2O4. The second-order valence-electron chi connectivity index (χ2n) is 4.66. The van der Waals surface area contributed by atoms with Gasteiger partial charge in [0, 0.05) is 0 Å². The lowest BCUT2D eigenvalue weighted by Crippen LogP contribution is -2.41. The summed E-state index contributed by atoms with van der Waals surface area (Å²) in [5.74, 6) is -1.59. The molecule has 0 aliphatic carbocycles. The van der Waals surface area contributed by atoms with Crippen LogP contribution in [0.4, 0.5) is 0 Å². The Morgan fingerprint density at radius 2 is 2.05 bits per heavy atom. The van der Waals surface area contributed by atoms with Gasteiger partial charge in [0.25, 0.3) is 5.91 Å². The summed E-state index contributed by atoms with van der Waals surface area (Å²) < 4.78 is 4.95. The molecule has 0 radical (unpaired) electrons. The zero-order valence-electron chi connectivity index (χ0n) is 11.6. The number of carboxylic acids is 1. The first-order valence-electron chi connectivity index (χ1n) is 6.55. The van der Waals surface area contributed by atoms with E-state index in [-0.39, 0.29) is 5.76 Å². The van der Waals surface area contributed by atoms with Crippen molar-refractivity contribution in [3.05, 3.63) is 53.7 Å². The third kappa shape index (κ3) is 3.92. The molecule has 2 aromatic rings. The fourth-order valence-corrected chi connectivity index (χ4v) is 1.96. The molecule has 21 heavy (non-hydrogen) atoms. The Bertz CT molecular complexity index is 622. The number of amides is 1. The van der Waals surface area contributed by atoms with Crippen LogP contribution in [0.2, 0.25) is 0 Å². The van der Waals surface area contributed by atoms with Crippen molar-refractivity contribution in [1.29, 1.82) is 0 Å². The summed E-state index contributed by atoms with van der Waals surface area (Å²) in [5, 5.41) is 11.7. The topological polar surface area (TPSA) is 92.4 Å². The molecule has 1 amide bonds. The lowest BCUT2D eigenvalue weighted by Gasteiger charge is -2.13. The van der Waals surface area contributed by atoms with Gasteiger partial charge in [-0.15, -0.1) is 0 Å². The van der Waals surface area contributed by atoms with Crippen LogP contribution >= 0.6 is 0 Å². The Kier molecular flexibility index (Phi) is 4.71. The van der Waals surface area contributed by atoms with Crippen molar-refractivity contribution in [3.8, 4) is 0 Å². The lowest BCUT2D eigenvalue weighted by molar-refractivity contribution is -0.139. The van der Waals surface area contributed by atoms with Gasteiger partial charge in [-0.3, -0.25) is 4.79 Å². The van der Waals surface area contributed by atoms with E-state index in [1.807, 2.05) is 30.3 Å². The van der Waals surface area contributed by atoms with E-state index < -0.39 is 17.9 Å². The Balaban J connectivity index is 1.98. The van der Waals surface area contributed by atoms with Crippen LogP contribution in [0.5, 0.6) is 0 Å². The molecule has 0 aliphatic heterocycles. The Morgan fingerprint density at radius 1 is 1.33 bits per heavy atom. The summed E-state index contributed by atoms with van der Waals surface area (Å²) in [6.07, 6.45) is 2.02. The summed E-state index contributed by atoms with van der Waals surface area (Å²) in [5.41, 5.74) is 1.45. The first-order chi connectivity index (χ1) is 10.1. The molecule has 2 rings (SSSR count). The van der Waals surface area contributed by atoms with E-state index in [2.05, 4.69) is 10.3 Å². The van der Waals surface area contributed by atoms with E-state index in [0.717, 1.165) is 12.0 Å². The minimum Gasteiger partial charge on any atom is -0.480 e. The molecule has 1 heterocycles. The van der Waals surface area contributed by atoms with Gasteiger partial charge in [0.05, 0.1) is 5.69 Å². The number of rotatable bonds is 6. The molecule has 0 bridgehead atoms. The van der Waals surface area contributed by atoms with Gasteiger partial charge in [-0.05, 0) is 25.3 Å². The van der Waals surface area contributed by atoms with Gasteiger partial charge in [0.1, 0.15) is 6.04 Å². The Labute approximate surface area is 121 Å². The molecule has 1 aromatic carbocycles. The predicted octanol–water partition coefficient (Wildman–Crippen LogP) is 1.80. The van der Waals surface area contributed by atoms with Crippen molar-refractivity contribution in [3.63, 3.8) is 0 Å². The zero-order chi connectivity index (χ0) is 15.2. The number of aromatic nitrogens is 1. The molecule has 0 saturated heterocycles. The van der Waals surface area contributed by atoms with Crippen molar-refractivity contribution in [2.45, 2.75) is 25.8 Å². The van der Waals surface area contributed by atoms with E-state index in [1.54, 1.807) is 6.92 Å². The highest BCUT2D eigenvalue weighted by Gasteiger charge is 2.23. The highest BCUT2D eigenvalue weighted by Crippen LogP contribution is 2.08. The highest BCUT2D eigenvalue weighted by atomic mass is 16.4. The third-order valence-corrected chi connectivity index (χ3v) is 3.12. The highest BCUT2D eigenvalue weighted by molar-refractivity contribution is 5.94. The Hall–Kier alpha value is -2.63. The monoisotopic (exact) mass is 288 g/mol. The average Bonchev–Trinajstić information content (AvgIpc) is 2.90. The maximum atomic E-state index is 11.9. The standard InChI is InChI=1S/C15H16N2O4/c1-10-13(21-9-16-10)14(18)17-12(15(19)20)8-7-11-5-3-2-4-6-11/h2-6,9,12H,7-8H2,1H3,(H,17,18)(H,19,20). The second-order valence-corrected chi connectivity index (χ2v) is 4.66. The van der Waals surface area contributed by atoms with Crippen molar-refractivity contribution in [2.24, 2.45) is 0 Å². The molecule has 1 atom stereocenters. The first kappa shape index (κ1) is 14.8. The van der Waals surface area contributed by atoms with Gasteiger partial charge in [0.2, 0.25) is 5.76 Å². The van der Waals surface area contributed by atoms with Crippen molar-refractivity contribution in [1.82, 2.24) is 10.3 Å². The van der Waals surface area contributed by atoms with E-state index in [0.29, 0.717) is 18.5 Å². The summed E-state index contributed by atoms with van der Waals surface area (Å²) >= 11 is 0. The molecule has 1 aromatic heterocycles. The molecular weight excluding hydrogens is 272 g/mol. The molecule has 0 aliphatic rings. The number of hydrogen-bond acceptors (Lipinski definition) is 4. The Morgan fingerprint density at radius 3 is 2.62 bits per heavy atom. The summed E-state index contributed by atoms with van der Waals surface area (Å²) in [7, 11) is 0. The number of nitrogens with one attached hydrogen (secondary N) is 1. The molecule has 1 unspecified atom stereocenters. The number of benzene rings is 1. The summed E-state index contributed by atoms with van der Waals surface area (Å²) in [4.78, 5) is 27.0. The first-order valence-corrected chi connectivity index (χ1v) is 6.55. The van der Waals surface area contributed by atoms with E-state index in [4.69, 9.17) is 4.42 Å². The van der Waals surface area contributed by atoms with Gasteiger partial charge in [-0.25, -0.2) is 9.78 Å². The SMILES string of the molecule is Cc1ncoc1C(=O)NC(CCc1ccccc1)C(=O)O. The van der Waals surface area contributed by atoms with Crippen molar-refractivity contribution >= 4 is 11.9 Å². The van der Waals surface area contributed by atoms with Crippen molar-refractivity contribution in [2.75, 3.05) is 0 Å². The van der Waals surface area contributed by atoms with Crippen LogP contribution in [0, 0.1) is 6.92 Å². The van der Waals surface area contributed by atoms with Gasteiger partial charge < -0.3 is 14.8 Å². The van der Waals surface area contributed by atoms with Crippen LogP contribution < -0.4 is 5.32 Å². The number of oxazole rings is 1. The van der Waals surface area contributed by atoms with Crippen LogP contribution in [0.1, 0.15) is 28.2 Å². The largest absolute Gasteiger partial charge is 0.480 e. The predicted molar refractivity (Wildman–Crippen MR) is 74.9 cm³/mol. The molecule has 0 saturated carbocycles. The normalized spacial score (nSPS) is 11.9. The smallest absolute Gasteiger partial charge is 0.326 e. The molecule has 0 spiro atoms. The number of hydrogen-bond donors (Lipinski definition) is 2. The van der Waals surface area contributed by atoms with Gasteiger partial charge in [-0.2, -0.15) is 0 Å². The number of carboxylic acid groups (broad SMARTS) is 1. The molecule has 0 fully saturated rings. The molecule has 6 nitrogen and oxygen atoms in total. The van der Waals surface area contributed by atoms with Gasteiger partial charge >= 0.3 is 5.97 Å². The van der Waals surface area contributed by atoms with Crippen LogP contribution in [0.3, 0.4) is 0 Å². The fourth-order valence-electron chi connectivity index (χ4n) is 1.96. The zero-order valence-corrected chi connectivity index (χ0v) is 11.6. The van der Waals surface area contributed by atoms with E-state index >= 15 is 0 Å². The number of aliphatic carboxylic acids is 1. The minimum atomic E-state index is -1.07. The quantitative estimate of drug-likeness (QED) is 0.845. The van der Waals surface area contributed by atoms with E-state index in [9.17, 15) is 14.7 Å². The molecule has 2 N–H and O–H groups in total. The van der Waals surface area contributed by atoms with Gasteiger partial charge in [-0.1, -0.05) is 30.3 Å². The number of aryl methyl sites for hydroxylation is 2. The maximum absolute atomic E-state index is 11.9. The molecule has 6 heteroatoms. The fraction of sp³-hybridized carbons (Fsp3) is 0.267. The summed E-state index contributed by atoms with van der Waals surface area (Å²) in [6.45, 7) is 1.62. The number of nitrogens with zero attached hydrogens (tertiary/aromatic N) is 1. The number of carbonyl (C=O) groups is 2. The lowest BCUT2D eigenvalue weighted by atomic mass is 10.1. The summed E-state index contributed by atoms with van der Waals surface area (Å²) in [6, 6.07) is 8.54. The van der Waals surface area contributed by atoms with Crippen molar-refractivity contribution < 1.29 is 19.1 Å². The maximum Gasteiger partial charge on any atom is 0.326 e. The average molecular weight is 288 g/mol. The van der Waals surface area contributed by atoms with Gasteiger partial charge in [0.15, 0.2) is 6.39 Å². The number of carbonyl (C=O) groups excluding carboxylic acids is 1. The van der Waals surface area contributed by atoms with Crippen LogP contribution in [0.15, 0.2) is 41.1 Å². The van der Waals surface area contributed by atoms with Crippen LogP contribution in [-0.2, 0) is 11.2 Å².